The monoisotopic (exact) mass is 210 g/mol. The predicted octanol–water partition coefficient (Wildman–Crippen LogP) is 1.60. The first-order chi connectivity index (χ1) is 7.10. The second-order valence-corrected chi connectivity index (χ2v) is 4.11. The van der Waals surface area contributed by atoms with Crippen LogP contribution in [0.3, 0.4) is 0 Å². The minimum atomic E-state index is 0.162. The highest BCUT2D eigenvalue weighted by molar-refractivity contribution is 5.26. The Kier molecular flexibility index (Phi) is 4.36. The molecule has 0 fully saturated rings. The maximum absolute atomic E-state index is 8.92. The van der Waals surface area contributed by atoms with E-state index in [9.17, 15) is 0 Å². The van der Waals surface area contributed by atoms with E-state index in [2.05, 4.69) is 36.7 Å². The quantitative estimate of drug-likeness (QED) is 0.774. The maximum atomic E-state index is 8.92. The summed E-state index contributed by atoms with van der Waals surface area (Å²) in [4.78, 5) is 0. The average molecular weight is 210 g/mol. The Morgan fingerprint density at radius 2 is 2.13 bits per heavy atom. The van der Waals surface area contributed by atoms with Gasteiger partial charge in [0.2, 0.25) is 0 Å². The largest absolute Gasteiger partial charge is 0.395 e. The van der Waals surface area contributed by atoms with Gasteiger partial charge in [0.1, 0.15) is 0 Å². The van der Waals surface area contributed by atoms with Gasteiger partial charge in [-0.3, -0.25) is 0 Å². The molecule has 0 saturated carbocycles. The van der Waals surface area contributed by atoms with Crippen LogP contribution in [0, 0.1) is 13.8 Å². The van der Waals surface area contributed by atoms with Crippen molar-refractivity contribution in [2.75, 3.05) is 6.61 Å². The summed E-state index contributed by atoms with van der Waals surface area (Å²) in [6.45, 7) is 10.5. The molecular formula is C12H22N2O. The lowest BCUT2D eigenvalue weighted by molar-refractivity contribution is 0.251. The van der Waals surface area contributed by atoms with Gasteiger partial charge < -0.3 is 15.0 Å². The first kappa shape index (κ1) is 12.3. The number of hydrogen-bond acceptors (Lipinski definition) is 2. The molecule has 3 heteroatoms. The molecule has 1 rings (SSSR count). The molecular weight excluding hydrogens is 188 g/mol. The third kappa shape index (κ3) is 2.83. The van der Waals surface area contributed by atoms with Gasteiger partial charge in [-0.25, -0.2) is 0 Å². The number of hydrogen-bond donors (Lipinski definition) is 2. The van der Waals surface area contributed by atoms with E-state index in [4.69, 9.17) is 5.11 Å². The van der Waals surface area contributed by atoms with Crippen LogP contribution in [-0.4, -0.2) is 22.3 Å². The van der Waals surface area contributed by atoms with Gasteiger partial charge in [-0.05, 0) is 39.3 Å². The van der Waals surface area contributed by atoms with E-state index >= 15 is 0 Å². The lowest BCUT2D eigenvalue weighted by Gasteiger charge is -2.11. The van der Waals surface area contributed by atoms with Crippen molar-refractivity contribution < 1.29 is 5.11 Å². The molecule has 2 N–H and O–H groups in total. The number of aliphatic hydroxyl groups is 1. The van der Waals surface area contributed by atoms with E-state index < -0.39 is 0 Å². The predicted molar refractivity (Wildman–Crippen MR) is 63.0 cm³/mol. The molecule has 0 saturated heterocycles. The van der Waals surface area contributed by atoms with Gasteiger partial charge in [-0.15, -0.1) is 0 Å². The van der Waals surface area contributed by atoms with Crippen LogP contribution in [0.4, 0.5) is 0 Å². The molecule has 0 aromatic carbocycles. The average Bonchev–Trinajstić information content (AvgIpc) is 2.50. The fraction of sp³-hybridized carbons (Fsp3) is 0.667. The van der Waals surface area contributed by atoms with Crippen LogP contribution in [0.15, 0.2) is 6.07 Å². The SMILES string of the molecule is CCn1c(C)cc(CN[C@H](C)CO)c1C. The highest BCUT2D eigenvalue weighted by atomic mass is 16.3. The lowest BCUT2D eigenvalue weighted by atomic mass is 10.2. The Balaban J connectivity index is 2.70. The second kappa shape index (κ2) is 5.33. The van der Waals surface area contributed by atoms with Crippen LogP contribution in [-0.2, 0) is 13.1 Å². The standard InChI is InChI=1S/C12H22N2O/c1-5-14-10(3)6-12(11(14)4)7-13-9(2)8-15/h6,9,13,15H,5,7-8H2,1-4H3/t9-/m1/s1. The molecule has 0 unspecified atom stereocenters. The Hall–Kier alpha value is -0.800. The molecule has 3 nitrogen and oxygen atoms in total. The number of nitrogens with one attached hydrogen (secondary N) is 1. The molecule has 0 radical (unpaired) electrons. The zero-order valence-electron chi connectivity index (χ0n) is 10.2. The van der Waals surface area contributed by atoms with E-state index in [1.54, 1.807) is 0 Å². The van der Waals surface area contributed by atoms with Crippen molar-refractivity contribution in [3.05, 3.63) is 23.0 Å². The smallest absolute Gasteiger partial charge is 0.0582 e. The summed E-state index contributed by atoms with van der Waals surface area (Å²) in [6.07, 6.45) is 0. The van der Waals surface area contributed by atoms with E-state index in [1.165, 1.54) is 17.0 Å². The third-order valence-corrected chi connectivity index (χ3v) is 2.91. The first-order valence-electron chi connectivity index (χ1n) is 5.60. The van der Waals surface area contributed by atoms with Crippen molar-refractivity contribution >= 4 is 0 Å². The second-order valence-electron chi connectivity index (χ2n) is 4.11. The molecule has 0 bridgehead atoms. The van der Waals surface area contributed by atoms with Crippen molar-refractivity contribution in [3.63, 3.8) is 0 Å². The van der Waals surface area contributed by atoms with Gasteiger partial charge in [0.25, 0.3) is 0 Å². The minimum absolute atomic E-state index is 0.162. The molecule has 0 amide bonds. The molecule has 86 valence electrons. The summed E-state index contributed by atoms with van der Waals surface area (Å²) in [6, 6.07) is 2.38. The van der Waals surface area contributed by atoms with Gasteiger partial charge in [0.05, 0.1) is 6.61 Å². The summed E-state index contributed by atoms with van der Waals surface area (Å²) >= 11 is 0. The topological polar surface area (TPSA) is 37.2 Å². The van der Waals surface area contributed by atoms with Crippen LogP contribution in [0.2, 0.25) is 0 Å². The molecule has 1 aromatic heterocycles. The van der Waals surface area contributed by atoms with Crippen LogP contribution in [0.25, 0.3) is 0 Å². The lowest BCUT2D eigenvalue weighted by Crippen LogP contribution is -2.28. The van der Waals surface area contributed by atoms with E-state index in [0.717, 1.165) is 13.1 Å². The molecule has 0 aliphatic rings. The number of aryl methyl sites for hydroxylation is 1. The van der Waals surface area contributed by atoms with Crippen LogP contribution >= 0.6 is 0 Å². The number of aliphatic hydroxyl groups excluding tert-OH is 1. The van der Waals surface area contributed by atoms with Crippen molar-refractivity contribution in [1.82, 2.24) is 9.88 Å². The fourth-order valence-corrected chi connectivity index (χ4v) is 1.89. The third-order valence-electron chi connectivity index (χ3n) is 2.91. The first-order valence-corrected chi connectivity index (χ1v) is 5.60. The van der Waals surface area contributed by atoms with Crippen LogP contribution < -0.4 is 5.32 Å². The molecule has 1 heterocycles. The Labute approximate surface area is 92.1 Å². The fourth-order valence-electron chi connectivity index (χ4n) is 1.89. The highest BCUT2D eigenvalue weighted by Gasteiger charge is 2.08. The number of nitrogens with zero attached hydrogens (tertiary/aromatic N) is 1. The zero-order chi connectivity index (χ0) is 11.4. The molecule has 1 atom stereocenters. The molecule has 1 aromatic rings. The Bertz CT molecular complexity index is 318. The summed E-state index contributed by atoms with van der Waals surface area (Å²) in [5.74, 6) is 0. The van der Waals surface area contributed by atoms with E-state index in [0.29, 0.717) is 0 Å². The van der Waals surface area contributed by atoms with Crippen LogP contribution in [0.5, 0.6) is 0 Å². The van der Waals surface area contributed by atoms with E-state index in [1.807, 2.05) is 6.92 Å². The molecule has 0 spiro atoms. The summed E-state index contributed by atoms with van der Waals surface area (Å²) in [5, 5.41) is 12.2. The highest BCUT2D eigenvalue weighted by Crippen LogP contribution is 2.14. The van der Waals surface area contributed by atoms with E-state index in [-0.39, 0.29) is 12.6 Å². The maximum Gasteiger partial charge on any atom is 0.0582 e. The van der Waals surface area contributed by atoms with Gasteiger partial charge >= 0.3 is 0 Å². The minimum Gasteiger partial charge on any atom is -0.395 e. The number of rotatable bonds is 5. The van der Waals surface area contributed by atoms with Crippen molar-refractivity contribution in [2.45, 2.75) is 46.8 Å². The Morgan fingerprint density at radius 1 is 1.47 bits per heavy atom. The molecule has 0 aliphatic heterocycles. The van der Waals surface area contributed by atoms with Crippen molar-refractivity contribution in [2.24, 2.45) is 0 Å². The van der Waals surface area contributed by atoms with Crippen molar-refractivity contribution in [1.29, 1.82) is 0 Å². The van der Waals surface area contributed by atoms with Gasteiger partial charge in [-0.2, -0.15) is 0 Å². The normalized spacial score (nSPS) is 13.1. The van der Waals surface area contributed by atoms with Gasteiger partial charge in [0, 0.05) is 30.5 Å². The molecule has 15 heavy (non-hydrogen) atoms. The van der Waals surface area contributed by atoms with Crippen molar-refractivity contribution in [3.8, 4) is 0 Å². The molecule has 0 aliphatic carbocycles. The zero-order valence-corrected chi connectivity index (χ0v) is 10.2. The number of aromatic nitrogens is 1. The summed E-state index contributed by atoms with van der Waals surface area (Å²) in [7, 11) is 0. The Morgan fingerprint density at radius 3 is 2.60 bits per heavy atom. The summed E-state index contributed by atoms with van der Waals surface area (Å²) < 4.78 is 2.31. The van der Waals surface area contributed by atoms with Gasteiger partial charge in [-0.1, -0.05) is 0 Å². The van der Waals surface area contributed by atoms with Crippen LogP contribution in [0.1, 0.15) is 30.8 Å². The van der Waals surface area contributed by atoms with Gasteiger partial charge in [0.15, 0.2) is 0 Å². The summed E-state index contributed by atoms with van der Waals surface area (Å²) in [5.41, 5.74) is 3.96.